The van der Waals surface area contributed by atoms with Gasteiger partial charge < -0.3 is 20.2 Å². The van der Waals surface area contributed by atoms with Gasteiger partial charge in [0.1, 0.15) is 5.54 Å². The number of carboxylic acids is 1. The first kappa shape index (κ1) is 28.2. The molecule has 1 aliphatic carbocycles. The van der Waals surface area contributed by atoms with Gasteiger partial charge in [-0.15, -0.1) is 11.3 Å². The predicted octanol–water partition coefficient (Wildman–Crippen LogP) is 3.24. The molecular weight excluding hydrogens is 499 g/mol. The zero-order chi connectivity index (χ0) is 26.5. The summed E-state index contributed by atoms with van der Waals surface area (Å²) < 4.78 is 31.7. The van der Waals surface area contributed by atoms with Crippen molar-refractivity contribution >= 4 is 29.2 Å². The third-order valence-corrected chi connectivity index (χ3v) is 7.95. The molecule has 9 nitrogen and oxygen atoms in total. The van der Waals surface area contributed by atoms with E-state index in [1.54, 1.807) is 11.3 Å². The summed E-state index contributed by atoms with van der Waals surface area (Å²) in [7, 11) is 1.90. The number of piperidine rings is 1. The average molecular weight is 534 g/mol. The molecule has 0 atom stereocenters. The second-order valence-corrected chi connectivity index (χ2v) is 10.7. The van der Waals surface area contributed by atoms with E-state index in [0.717, 1.165) is 36.6 Å². The molecular formula is C23H34F3N5O4S. The quantitative estimate of drug-likeness (QED) is 0.618. The molecule has 1 aromatic rings. The minimum absolute atomic E-state index is 0.0463. The van der Waals surface area contributed by atoms with Crippen LogP contribution in [0.4, 0.5) is 18.0 Å². The first-order valence-corrected chi connectivity index (χ1v) is 13.1. The van der Waals surface area contributed by atoms with Crippen molar-refractivity contribution < 1.29 is 32.7 Å². The molecule has 0 aromatic carbocycles. The number of aromatic nitrogens is 1. The molecule has 0 bridgehead atoms. The number of likely N-dealkylation sites (N-methyl/N-ethyl adjacent to an activating group) is 1. The molecule has 2 saturated heterocycles. The van der Waals surface area contributed by atoms with E-state index in [9.17, 15) is 22.8 Å². The number of hydrogen-bond acceptors (Lipinski definition) is 6. The van der Waals surface area contributed by atoms with Crippen LogP contribution in [0.5, 0.6) is 0 Å². The summed E-state index contributed by atoms with van der Waals surface area (Å²) in [5.41, 5.74) is 0.535. The Morgan fingerprint density at radius 3 is 2.31 bits per heavy atom. The molecule has 0 radical (unpaired) electrons. The summed E-state index contributed by atoms with van der Waals surface area (Å²) >= 11 is 1.66. The van der Waals surface area contributed by atoms with Crippen molar-refractivity contribution in [1.29, 1.82) is 0 Å². The van der Waals surface area contributed by atoms with Crippen LogP contribution in [0.3, 0.4) is 0 Å². The Kier molecular flexibility index (Phi) is 9.20. The number of rotatable bonds is 3. The fourth-order valence-electron chi connectivity index (χ4n) is 5.11. The van der Waals surface area contributed by atoms with E-state index in [4.69, 9.17) is 9.90 Å². The summed E-state index contributed by atoms with van der Waals surface area (Å²) in [5.74, 6) is -2.56. The van der Waals surface area contributed by atoms with Gasteiger partial charge in [0.05, 0.1) is 10.7 Å². The second kappa shape index (κ2) is 11.8. The van der Waals surface area contributed by atoms with Gasteiger partial charge in [-0.3, -0.25) is 9.69 Å². The van der Waals surface area contributed by atoms with Crippen molar-refractivity contribution in [2.24, 2.45) is 0 Å². The SMILES string of the molecule is Cc1nc(CN2CCN(C)C(=O)C23CCN(C(=O)NC2CCCCC2)CC3)cs1.O=C(O)C(F)(F)F. The van der Waals surface area contributed by atoms with Crippen molar-refractivity contribution in [2.75, 3.05) is 33.2 Å². The highest BCUT2D eigenvalue weighted by Gasteiger charge is 2.50. The number of aryl methyl sites for hydroxylation is 1. The van der Waals surface area contributed by atoms with E-state index >= 15 is 0 Å². The van der Waals surface area contributed by atoms with Crippen LogP contribution in [0, 0.1) is 6.92 Å². The zero-order valence-electron chi connectivity index (χ0n) is 20.6. The predicted molar refractivity (Wildman–Crippen MR) is 128 cm³/mol. The van der Waals surface area contributed by atoms with Crippen LogP contribution in [-0.4, -0.2) is 93.7 Å². The molecule has 3 heterocycles. The molecule has 202 valence electrons. The number of halogens is 3. The van der Waals surface area contributed by atoms with E-state index in [-0.39, 0.29) is 11.9 Å². The molecule has 3 aliphatic rings. The fraction of sp³-hybridized carbons (Fsp3) is 0.739. The Hall–Kier alpha value is -2.41. The van der Waals surface area contributed by atoms with E-state index in [1.807, 2.05) is 23.8 Å². The molecule has 4 rings (SSSR count). The monoisotopic (exact) mass is 533 g/mol. The standard InChI is InChI=1S/C21H33N5O2S.C2HF3O2/c1-16-22-18(15-29-16)14-26-13-12-24(2)19(27)21(26)8-10-25(11-9-21)20(28)23-17-6-4-3-5-7-17;3-2(4,5)1(6)7/h15,17H,3-14H2,1-2H3,(H,23,28);(H,6,7). The average Bonchev–Trinajstić information content (AvgIpc) is 3.25. The molecule has 1 aromatic heterocycles. The number of carbonyl (C=O) groups excluding carboxylic acids is 2. The fourth-order valence-corrected chi connectivity index (χ4v) is 5.71. The highest BCUT2D eigenvalue weighted by Crippen LogP contribution is 2.35. The number of thiazole rings is 1. The van der Waals surface area contributed by atoms with Crippen LogP contribution in [0.15, 0.2) is 5.38 Å². The summed E-state index contributed by atoms with van der Waals surface area (Å²) in [4.78, 5) is 45.6. The molecule has 3 amide bonds. The van der Waals surface area contributed by atoms with E-state index < -0.39 is 17.7 Å². The van der Waals surface area contributed by atoms with Crippen LogP contribution in [0.1, 0.15) is 55.6 Å². The number of alkyl halides is 3. The van der Waals surface area contributed by atoms with Gasteiger partial charge in [-0.2, -0.15) is 13.2 Å². The lowest BCUT2D eigenvalue weighted by molar-refractivity contribution is -0.192. The first-order valence-electron chi connectivity index (χ1n) is 12.2. The lowest BCUT2D eigenvalue weighted by Gasteiger charge is -2.52. The number of carbonyl (C=O) groups is 3. The Bertz CT molecular complexity index is 927. The van der Waals surface area contributed by atoms with Gasteiger partial charge in [0.25, 0.3) is 0 Å². The lowest BCUT2D eigenvalue weighted by Crippen LogP contribution is -2.68. The van der Waals surface area contributed by atoms with Gasteiger partial charge in [0, 0.05) is 51.2 Å². The number of nitrogens with zero attached hydrogens (tertiary/aromatic N) is 4. The zero-order valence-corrected chi connectivity index (χ0v) is 21.5. The number of piperazine rings is 1. The largest absolute Gasteiger partial charge is 0.490 e. The number of amides is 3. The molecule has 2 N–H and O–H groups in total. The molecule has 0 unspecified atom stereocenters. The van der Waals surface area contributed by atoms with Crippen LogP contribution < -0.4 is 5.32 Å². The number of likely N-dealkylation sites (tertiary alicyclic amines) is 1. The van der Waals surface area contributed by atoms with Gasteiger partial charge in [-0.1, -0.05) is 19.3 Å². The number of urea groups is 1. The topological polar surface area (TPSA) is 106 Å². The highest BCUT2D eigenvalue weighted by molar-refractivity contribution is 7.09. The van der Waals surface area contributed by atoms with Gasteiger partial charge >= 0.3 is 18.2 Å². The number of carboxylic acid groups (broad SMARTS) is 1. The Morgan fingerprint density at radius 1 is 1.17 bits per heavy atom. The van der Waals surface area contributed by atoms with Crippen molar-refractivity contribution in [1.82, 2.24) is 25.0 Å². The second-order valence-electron chi connectivity index (χ2n) is 9.61. The van der Waals surface area contributed by atoms with Crippen molar-refractivity contribution in [3.63, 3.8) is 0 Å². The van der Waals surface area contributed by atoms with Crippen LogP contribution in [0.25, 0.3) is 0 Å². The summed E-state index contributed by atoms with van der Waals surface area (Å²) in [5, 5.41) is 13.5. The molecule has 1 saturated carbocycles. The highest BCUT2D eigenvalue weighted by atomic mass is 32.1. The number of nitrogens with one attached hydrogen (secondary N) is 1. The van der Waals surface area contributed by atoms with Crippen molar-refractivity contribution in [3.8, 4) is 0 Å². The maximum Gasteiger partial charge on any atom is 0.490 e. The summed E-state index contributed by atoms with van der Waals surface area (Å²) in [6.45, 7) is 5.58. The minimum atomic E-state index is -5.08. The molecule has 36 heavy (non-hydrogen) atoms. The molecule has 13 heteroatoms. The van der Waals surface area contributed by atoms with Crippen molar-refractivity contribution in [2.45, 2.75) is 76.2 Å². The lowest BCUT2D eigenvalue weighted by atomic mass is 9.82. The summed E-state index contributed by atoms with van der Waals surface area (Å²) in [6, 6.07) is 0.365. The maximum atomic E-state index is 13.2. The van der Waals surface area contributed by atoms with E-state index in [0.29, 0.717) is 38.5 Å². The van der Waals surface area contributed by atoms with Gasteiger partial charge in [-0.25, -0.2) is 14.6 Å². The third-order valence-electron chi connectivity index (χ3n) is 7.13. The Balaban J connectivity index is 0.000000454. The Morgan fingerprint density at radius 2 is 1.78 bits per heavy atom. The normalized spacial score (nSPS) is 21.2. The summed E-state index contributed by atoms with van der Waals surface area (Å²) in [6.07, 6.45) is 2.18. The van der Waals surface area contributed by atoms with Crippen molar-refractivity contribution in [3.05, 3.63) is 16.1 Å². The number of aliphatic carboxylic acids is 1. The van der Waals surface area contributed by atoms with E-state index in [2.05, 4.69) is 20.6 Å². The van der Waals surface area contributed by atoms with Crippen LogP contribution >= 0.6 is 11.3 Å². The van der Waals surface area contributed by atoms with E-state index in [1.165, 1.54) is 19.3 Å². The molecule has 3 fully saturated rings. The number of hydrogen-bond donors (Lipinski definition) is 2. The Labute approximate surface area is 212 Å². The van der Waals surface area contributed by atoms with Gasteiger partial charge in [0.15, 0.2) is 0 Å². The smallest absolute Gasteiger partial charge is 0.475 e. The van der Waals surface area contributed by atoms with Gasteiger partial charge in [-0.05, 0) is 32.6 Å². The third kappa shape index (κ3) is 6.87. The van der Waals surface area contributed by atoms with Crippen LogP contribution in [-0.2, 0) is 16.1 Å². The maximum absolute atomic E-state index is 13.2. The van der Waals surface area contributed by atoms with Crippen LogP contribution in [0.2, 0.25) is 0 Å². The molecule has 2 aliphatic heterocycles. The minimum Gasteiger partial charge on any atom is -0.475 e. The first-order chi connectivity index (χ1) is 16.9. The molecule has 1 spiro atoms. The van der Waals surface area contributed by atoms with Gasteiger partial charge in [0.2, 0.25) is 5.91 Å².